The lowest BCUT2D eigenvalue weighted by Gasteiger charge is -2.10. The quantitative estimate of drug-likeness (QED) is 0.694. The zero-order valence-corrected chi connectivity index (χ0v) is 11.7. The van der Waals surface area contributed by atoms with Gasteiger partial charge in [-0.05, 0) is 41.0 Å². The molecule has 0 unspecified atom stereocenters. The van der Waals surface area contributed by atoms with E-state index in [1.807, 2.05) is 18.2 Å². The molecule has 0 radical (unpaired) electrons. The molecular weight excluding hydrogens is 278 g/mol. The lowest BCUT2D eigenvalue weighted by Crippen LogP contribution is -2.02. The first kappa shape index (κ1) is 14.5. The minimum Gasteiger partial charge on any atom is -0.465 e. The van der Waals surface area contributed by atoms with Crippen molar-refractivity contribution >= 4 is 17.6 Å². The monoisotopic (exact) mass is 291 g/mol. The fraction of sp³-hybridized carbons (Fsp3) is 0.133. The van der Waals surface area contributed by atoms with E-state index in [9.17, 15) is 4.79 Å². The van der Waals surface area contributed by atoms with Crippen molar-refractivity contribution in [3.05, 3.63) is 58.6 Å². The fourth-order valence-electron chi connectivity index (χ4n) is 1.96. The average Bonchev–Trinajstić information content (AvgIpc) is 2.47. The highest BCUT2D eigenvalue weighted by Gasteiger charge is 2.09. The van der Waals surface area contributed by atoms with Gasteiger partial charge in [0.2, 0.25) is 0 Å². The van der Waals surface area contributed by atoms with Crippen molar-refractivity contribution in [1.29, 1.82) is 0 Å². The van der Waals surface area contributed by atoms with Crippen LogP contribution in [-0.4, -0.2) is 13.1 Å². The van der Waals surface area contributed by atoms with Crippen LogP contribution in [-0.2, 0) is 16.2 Å². The summed E-state index contributed by atoms with van der Waals surface area (Å²) in [5.41, 5.74) is 3.28. The zero-order valence-electron chi connectivity index (χ0n) is 10.9. The molecule has 0 aliphatic heterocycles. The second kappa shape index (κ2) is 6.52. The molecule has 0 heterocycles. The maximum absolute atomic E-state index is 11.4. The third-order valence-electron chi connectivity index (χ3n) is 2.92. The molecule has 0 aliphatic carbocycles. The lowest BCUT2D eigenvalue weighted by atomic mass is 9.99. The maximum atomic E-state index is 11.4. The van der Waals surface area contributed by atoms with E-state index < -0.39 is 0 Å². The minimum absolute atomic E-state index is 0.259. The topological polar surface area (TPSA) is 61.5 Å². The molecule has 0 saturated heterocycles. The second-order valence-corrected chi connectivity index (χ2v) is 4.62. The molecule has 0 aliphatic rings. The normalized spacial score (nSPS) is 10.3. The summed E-state index contributed by atoms with van der Waals surface area (Å²) in [6.07, 6.45) is 0. The molecule has 2 N–H and O–H groups in total. The number of benzene rings is 2. The molecule has 0 spiro atoms. The smallest absolute Gasteiger partial charge is 0.337 e. The third-order valence-corrected chi connectivity index (χ3v) is 3.16. The molecule has 0 atom stereocenters. The van der Waals surface area contributed by atoms with Gasteiger partial charge in [-0.2, -0.15) is 0 Å². The number of nitrogens with two attached hydrogens (primary N) is 1. The van der Waals surface area contributed by atoms with E-state index in [-0.39, 0.29) is 12.6 Å². The number of hydrogen-bond donors (Lipinski definition) is 1. The molecule has 0 saturated carbocycles. The number of carbonyl (C=O) groups is 1. The van der Waals surface area contributed by atoms with Crippen LogP contribution in [0, 0.1) is 0 Å². The van der Waals surface area contributed by atoms with E-state index in [1.165, 1.54) is 7.11 Å². The Morgan fingerprint density at radius 1 is 1.20 bits per heavy atom. The Morgan fingerprint density at radius 2 is 1.90 bits per heavy atom. The van der Waals surface area contributed by atoms with Gasteiger partial charge in [-0.15, -0.1) is 0 Å². The SMILES string of the molecule is COC(=O)c1ccc(-c2ccc(Cl)cc2CON)cc1. The van der Waals surface area contributed by atoms with Crippen molar-refractivity contribution in [2.45, 2.75) is 6.61 Å². The van der Waals surface area contributed by atoms with Crippen LogP contribution in [0.25, 0.3) is 11.1 Å². The van der Waals surface area contributed by atoms with Crippen molar-refractivity contribution in [3.8, 4) is 11.1 Å². The van der Waals surface area contributed by atoms with Gasteiger partial charge in [0.1, 0.15) is 0 Å². The third kappa shape index (κ3) is 3.17. The number of rotatable bonds is 4. The summed E-state index contributed by atoms with van der Waals surface area (Å²) < 4.78 is 4.67. The predicted octanol–water partition coefficient (Wildman–Crippen LogP) is 3.18. The first-order valence-corrected chi connectivity index (χ1v) is 6.32. The summed E-state index contributed by atoms with van der Waals surface area (Å²) >= 11 is 5.97. The van der Waals surface area contributed by atoms with Crippen LogP contribution < -0.4 is 5.90 Å². The predicted molar refractivity (Wildman–Crippen MR) is 77.2 cm³/mol. The number of esters is 1. The molecule has 104 valence electrons. The van der Waals surface area contributed by atoms with Crippen molar-refractivity contribution in [2.24, 2.45) is 5.90 Å². The molecule has 2 aromatic rings. The molecule has 0 aromatic heterocycles. The van der Waals surface area contributed by atoms with E-state index >= 15 is 0 Å². The standard InChI is InChI=1S/C15H14ClNO3/c1-19-15(18)11-4-2-10(3-5-11)14-7-6-13(16)8-12(14)9-20-17/h2-8H,9,17H2,1H3. The molecule has 0 bridgehead atoms. The van der Waals surface area contributed by atoms with Gasteiger partial charge in [-0.3, -0.25) is 4.84 Å². The van der Waals surface area contributed by atoms with Gasteiger partial charge in [0, 0.05) is 5.02 Å². The Hall–Kier alpha value is -1.88. The van der Waals surface area contributed by atoms with E-state index in [1.54, 1.807) is 24.3 Å². The van der Waals surface area contributed by atoms with Crippen LogP contribution in [0.5, 0.6) is 0 Å². The van der Waals surface area contributed by atoms with E-state index in [0.29, 0.717) is 10.6 Å². The summed E-state index contributed by atoms with van der Waals surface area (Å²) in [6, 6.07) is 12.6. The van der Waals surface area contributed by atoms with Gasteiger partial charge in [0.25, 0.3) is 0 Å². The van der Waals surface area contributed by atoms with Crippen LogP contribution in [0.1, 0.15) is 15.9 Å². The van der Waals surface area contributed by atoms with Crippen LogP contribution in [0.2, 0.25) is 5.02 Å². The van der Waals surface area contributed by atoms with Gasteiger partial charge in [0.05, 0.1) is 19.3 Å². The Labute approximate surface area is 122 Å². The molecular formula is C15H14ClNO3. The van der Waals surface area contributed by atoms with E-state index in [2.05, 4.69) is 4.74 Å². The fourth-order valence-corrected chi connectivity index (χ4v) is 2.15. The van der Waals surface area contributed by atoms with Crippen LogP contribution >= 0.6 is 11.6 Å². The summed E-state index contributed by atoms with van der Waals surface area (Å²) in [7, 11) is 1.35. The van der Waals surface area contributed by atoms with Crippen molar-refractivity contribution in [1.82, 2.24) is 0 Å². The Bertz CT molecular complexity index is 611. The zero-order chi connectivity index (χ0) is 14.5. The summed E-state index contributed by atoms with van der Waals surface area (Å²) in [5, 5.41) is 0.618. The number of methoxy groups -OCH3 is 1. The highest BCUT2D eigenvalue weighted by Crippen LogP contribution is 2.27. The molecule has 0 fully saturated rings. The summed E-state index contributed by atoms with van der Waals surface area (Å²) in [6.45, 7) is 0.259. The summed E-state index contributed by atoms with van der Waals surface area (Å²) in [5.74, 6) is 4.77. The van der Waals surface area contributed by atoms with Gasteiger partial charge in [-0.1, -0.05) is 29.8 Å². The minimum atomic E-state index is -0.363. The molecule has 5 heteroatoms. The highest BCUT2D eigenvalue weighted by molar-refractivity contribution is 6.30. The molecule has 2 aromatic carbocycles. The van der Waals surface area contributed by atoms with Crippen LogP contribution in [0.15, 0.2) is 42.5 Å². The Kier molecular flexibility index (Phi) is 4.74. The van der Waals surface area contributed by atoms with Crippen molar-refractivity contribution in [2.75, 3.05) is 7.11 Å². The van der Waals surface area contributed by atoms with E-state index in [0.717, 1.165) is 16.7 Å². The van der Waals surface area contributed by atoms with Gasteiger partial charge in [-0.25, -0.2) is 10.7 Å². The van der Waals surface area contributed by atoms with E-state index in [4.69, 9.17) is 22.3 Å². The molecule has 20 heavy (non-hydrogen) atoms. The molecule has 4 nitrogen and oxygen atoms in total. The van der Waals surface area contributed by atoms with Crippen molar-refractivity contribution in [3.63, 3.8) is 0 Å². The average molecular weight is 292 g/mol. The first-order valence-electron chi connectivity index (χ1n) is 5.94. The Balaban J connectivity index is 2.38. The number of ether oxygens (including phenoxy) is 1. The number of halogens is 1. The van der Waals surface area contributed by atoms with Gasteiger partial charge in [0.15, 0.2) is 0 Å². The van der Waals surface area contributed by atoms with Crippen molar-refractivity contribution < 1.29 is 14.4 Å². The number of carbonyl (C=O) groups excluding carboxylic acids is 1. The Morgan fingerprint density at radius 3 is 2.50 bits per heavy atom. The first-order chi connectivity index (χ1) is 9.65. The molecule has 2 rings (SSSR count). The van der Waals surface area contributed by atoms with Gasteiger partial charge >= 0.3 is 5.97 Å². The molecule has 0 amide bonds. The van der Waals surface area contributed by atoms with Crippen LogP contribution in [0.3, 0.4) is 0 Å². The largest absolute Gasteiger partial charge is 0.465 e. The summed E-state index contributed by atoms with van der Waals surface area (Å²) in [4.78, 5) is 16.1. The number of hydrogen-bond acceptors (Lipinski definition) is 4. The van der Waals surface area contributed by atoms with Gasteiger partial charge < -0.3 is 4.74 Å². The maximum Gasteiger partial charge on any atom is 0.337 e. The lowest BCUT2D eigenvalue weighted by molar-refractivity contribution is 0.0601. The highest BCUT2D eigenvalue weighted by atomic mass is 35.5. The second-order valence-electron chi connectivity index (χ2n) is 4.18. The van der Waals surface area contributed by atoms with Crippen LogP contribution in [0.4, 0.5) is 0 Å².